The number of rotatable bonds is 5. The molecule has 0 saturated carbocycles. The minimum atomic E-state index is -0.0807. The topological polar surface area (TPSA) is 59.8 Å². The first kappa shape index (κ1) is 15.8. The Morgan fingerprint density at radius 2 is 2.13 bits per heavy atom. The van der Waals surface area contributed by atoms with Crippen molar-refractivity contribution in [3.8, 4) is 11.3 Å². The number of thioether (sulfide) groups is 1. The third-order valence-electron chi connectivity index (χ3n) is 3.21. The molecule has 0 aliphatic carbocycles. The fourth-order valence-corrected chi connectivity index (χ4v) is 3.43. The van der Waals surface area contributed by atoms with E-state index >= 15 is 0 Å². The Morgan fingerprint density at radius 3 is 2.83 bits per heavy atom. The molecule has 0 aliphatic heterocycles. The molecule has 1 N–H and O–H groups in total. The first-order valence-electron chi connectivity index (χ1n) is 7.04. The highest BCUT2D eigenvalue weighted by Crippen LogP contribution is 2.25. The zero-order valence-corrected chi connectivity index (χ0v) is 14.4. The Morgan fingerprint density at radius 1 is 1.35 bits per heavy atom. The van der Waals surface area contributed by atoms with Gasteiger partial charge in [-0.25, -0.2) is 9.97 Å². The van der Waals surface area contributed by atoms with E-state index in [9.17, 15) is 4.79 Å². The van der Waals surface area contributed by atoms with Crippen LogP contribution in [0.4, 0.5) is 5.13 Å². The maximum absolute atomic E-state index is 12.0. The van der Waals surface area contributed by atoms with E-state index in [1.54, 1.807) is 6.20 Å². The van der Waals surface area contributed by atoms with Gasteiger partial charge in [-0.2, -0.15) is 0 Å². The summed E-state index contributed by atoms with van der Waals surface area (Å²) in [5.74, 6) is 0.229. The molecule has 0 unspecified atom stereocenters. The molecule has 118 valence electrons. The van der Waals surface area contributed by atoms with E-state index < -0.39 is 0 Å². The lowest BCUT2D eigenvalue weighted by molar-refractivity contribution is -0.113. The van der Waals surface area contributed by atoms with Crippen LogP contribution in [0, 0.1) is 6.92 Å². The average molecular weight is 344 g/mol. The number of thiazole rings is 1. The van der Waals surface area contributed by atoms with E-state index in [0.717, 1.165) is 16.4 Å². The molecule has 3 aromatic rings. The van der Waals surface area contributed by atoms with Gasteiger partial charge in [-0.15, -0.1) is 11.3 Å². The molecule has 0 bridgehead atoms. The lowest BCUT2D eigenvalue weighted by Gasteiger charge is -2.02. The summed E-state index contributed by atoms with van der Waals surface area (Å²) in [6, 6.07) is 8.17. The van der Waals surface area contributed by atoms with Crippen molar-refractivity contribution in [2.45, 2.75) is 12.1 Å². The van der Waals surface area contributed by atoms with E-state index in [2.05, 4.69) is 34.3 Å². The van der Waals surface area contributed by atoms with Crippen molar-refractivity contribution in [1.29, 1.82) is 0 Å². The number of nitrogens with one attached hydrogen (secondary N) is 1. The number of aryl methyl sites for hydroxylation is 2. The van der Waals surface area contributed by atoms with Gasteiger partial charge < -0.3 is 9.88 Å². The monoisotopic (exact) mass is 344 g/mol. The van der Waals surface area contributed by atoms with Crippen LogP contribution >= 0.6 is 23.1 Å². The van der Waals surface area contributed by atoms with E-state index in [1.165, 1.54) is 28.7 Å². The average Bonchev–Trinajstić information content (AvgIpc) is 3.15. The number of imidazole rings is 1. The number of aromatic nitrogens is 3. The Bertz CT molecular complexity index is 808. The van der Waals surface area contributed by atoms with Gasteiger partial charge in [-0.3, -0.25) is 4.79 Å². The summed E-state index contributed by atoms with van der Waals surface area (Å²) in [6.07, 6.45) is 3.57. The third kappa shape index (κ3) is 4.00. The number of anilines is 1. The van der Waals surface area contributed by atoms with E-state index in [1.807, 2.05) is 35.3 Å². The second kappa shape index (κ2) is 6.97. The van der Waals surface area contributed by atoms with E-state index in [4.69, 9.17) is 0 Å². The Kier molecular flexibility index (Phi) is 4.78. The SMILES string of the molecule is Cc1ccc(-c2csc(NC(=O)CSc3nccn3C)n2)cc1. The van der Waals surface area contributed by atoms with Crippen molar-refractivity contribution >= 4 is 34.1 Å². The summed E-state index contributed by atoms with van der Waals surface area (Å²) < 4.78 is 1.89. The Balaban J connectivity index is 1.59. The van der Waals surface area contributed by atoms with E-state index in [-0.39, 0.29) is 5.91 Å². The first-order valence-corrected chi connectivity index (χ1v) is 8.91. The molecular formula is C16H16N4OS2. The fraction of sp³-hybridized carbons (Fsp3) is 0.188. The molecule has 0 aliphatic rings. The summed E-state index contributed by atoms with van der Waals surface area (Å²) in [7, 11) is 1.90. The van der Waals surface area contributed by atoms with Gasteiger partial charge in [0.05, 0.1) is 11.4 Å². The van der Waals surface area contributed by atoms with Gasteiger partial charge in [0, 0.05) is 30.4 Å². The van der Waals surface area contributed by atoms with E-state index in [0.29, 0.717) is 10.9 Å². The third-order valence-corrected chi connectivity index (χ3v) is 5.02. The number of benzene rings is 1. The standard InChI is InChI=1S/C16H16N4OS2/c1-11-3-5-12(6-4-11)13-9-22-15(18-13)19-14(21)10-23-16-17-7-8-20(16)2/h3-9H,10H2,1-2H3,(H,18,19,21). The van der Waals surface area contributed by atoms with Crippen LogP contribution in [0.5, 0.6) is 0 Å². The highest BCUT2D eigenvalue weighted by atomic mass is 32.2. The summed E-state index contributed by atoms with van der Waals surface area (Å²) in [4.78, 5) is 20.7. The van der Waals surface area contributed by atoms with Crippen molar-refractivity contribution in [3.63, 3.8) is 0 Å². The van der Waals surface area contributed by atoms with Crippen molar-refractivity contribution in [1.82, 2.24) is 14.5 Å². The van der Waals surface area contributed by atoms with Crippen LogP contribution in [-0.2, 0) is 11.8 Å². The van der Waals surface area contributed by atoms with Gasteiger partial charge >= 0.3 is 0 Å². The highest BCUT2D eigenvalue weighted by Gasteiger charge is 2.10. The fourth-order valence-electron chi connectivity index (χ4n) is 1.96. The molecule has 0 saturated heterocycles. The zero-order chi connectivity index (χ0) is 16.2. The first-order chi connectivity index (χ1) is 11.1. The number of hydrogen-bond donors (Lipinski definition) is 1. The lowest BCUT2D eigenvalue weighted by atomic mass is 10.1. The molecule has 7 heteroatoms. The second-order valence-corrected chi connectivity index (χ2v) is 6.86. The van der Waals surface area contributed by atoms with Gasteiger partial charge in [0.25, 0.3) is 0 Å². The number of carbonyl (C=O) groups excluding carboxylic acids is 1. The normalized spacial score (nSPS) is 10.7. The number of carbonyl (C=O) groups is 1. The van der Waals surface area contributed by atoms with Crippen molar-refractivity contribution in [3.05, 3.63) is 47.6 Å². The molecule has 0 radical (unpaired) electrons. The van der Waals surface area contributed by atoms with Crippen LogP contribution in [0.3, 0.4) is 0 Å². The largest absolute Gasteiger partial charge is 0.329 e. The molecule has 0 fully saturated rings. The predicted molar refractivity (Wildman–Crippen MR) is 94.8 cm³/mol. The van der Waals surface area contributed by atoms with Gasteiger partial charge in [0.1, 0.15) is 0 Å². The van der Waals surface area contributed by atoms with Crippen molar-refractivity contribution in [2.75, 3.05) is 11.1 Å². The maximum atomic E-state index is 12.0. The molecule has 2 aromatic heterocycles. The number of nitrogens with zero attached hydrogens (tertiary/aromatic N) is 3. The Hall–Kier alpha value is -2.12. The zero-order valence-electron chi connectivity index (χ0n) is 12.8. The summed E-state index contributed by atoms with van der Waals surface area (Å²) in [5.41, 5.74) is 3.14. The highest BCUT2D eigenvalue weighted by molar-refractivity contribution is 7.99. The molecule has 5 nitrogen and oxygen atoms in total. The van der Waals surface area contributed by atoms with Gasteiger partial charge in [0.15, 0.2) is 10.3 Å². The quantitative estimate of drug-likeness (QED) is 0.719. The minimum absolute atomic E-state index is 0.0807. The maximum Gasteiger partial charge on any atom is 0.236 e. The van der Waals surface area contributed by atoms with Gasteiger partial charge in [0.2, 0.25) is 5.91 Å². The number of amides is 1. The van der Waals surface area contributed by atoms with Crippen LogP contribution < -0.4 is 5.32 Å². The van der Waals surface area contributed by atoms with Crippen LogP contribution in [0.15, 0.2) is 47.2 Å². The molecule has 3 rings (SSSR count). The lowest BCUT2D eigenvalue weighted by Crippen LogP contribution is -2.14. The molecule has 0 atom stereocenters. The van der Waals surface area contributed by atoms with Crippen LogP contribution in [-0.4, -0.2) is 26.2 Å². The smallest absolute Gasteiger partial charge is 0.236 e. The Labute approximate surface area is 142 Å². The second-order valence-electron chi connectivity index (χ2n) is 5.06. The minimum Gasteiger partial charge on any atom is -0.329 e. The molecule has 1 amide bonds. The number of hydrogen-bond acceptors (Lipinski definition) is 5. The van der Waals surface area contributed by atoms with Crippen LogP contribution in [0.25, 0.3) is 11.3 Å². The molecule has 0 spiro atoms. The summed E-state index contributed by atoms with van der Waals surface area (Å²) >= 11 is 2.83. The van der Waals surface area contributed by atoms with Crippen LogP contribution in [0.1, 0.15) is 5.56 Å². The molecule has 2 heterocycles. The van der Waals surface area contributed by atoms with Gasteiger partial charge in [-0.1, -0.05) is 41.6 Å². The summed E-state index contributed by atoms with van der Waals surface area (Å²) in [5, 5.41) is 6.22. The van der Waals surface area contributed by atoms with Crippen molar-refractivity contribution < 1.29 is 4.79 Å². The van der Waals surface area contributed by atoms with Gasteiger partial charge in [-0.05, 0) is 6.92 Å². The summed E-state index contributed by atoms with van der Waals surface area (Å²) in [6.45, 7) is 2.05. The molecular weight excluding hydrogens is 328 g/mol. The van der Waals surface area contributed by atoms with Crippen molar-refractivity contribution in [2.24, 2.45) is 7.05 Å². The molecule has 1 aromatic carbocycles. The molecule has 23 heavy (non-hydrogen) atoms. The predicted octanol–water partition coefficient (Wildman–Crippen LogP) is 3.58. The van der Waals surface area contributed by atoms with Crippen LogP contribution in [0.2, 0.25) is 0 Å².